The summed E-state index contributed by atoms with van der Waals surface area (Å²) in [5.41, 5.74) is 7.50. The number of hydrogen-bond donors (Lipinski definition) is 0. The minimum absolute atomic E-state index is 0.0331. The molecular formula is C23H25I. The molecule has 0 atom stereocenters. The van der Waals surface area contributed by atoms with Gasteiger partial charge >= 0.3 is 0 Å². The lowest BCUT2D eigenvalue weighted by atomic mass is 9.81. The van der Waals surface area contributed by atoms with Crippen LogP contribution < -0.4 is 0 Å². The van der Waals surface area contributed by atoms with E-state index in [1.165, 1.54) is 27.8 Å². The summed E-state index contributed by atoms with van der Waals surface area (Å²) in [6.07, 6.45) is 12.5. The van der Waals surface area contributed by atoms with E-state index < -0.39 is 0 Å². The molecule has 0 nitrogen and oxygen atoms in total. The smallest absolute Gasteiger partial charge is 0.0159 e. The van der Waals surface area contributed by atoms with Crippen LogP contribution in [0.4, 0.5) is 0 Å². The molecule has 1 aliphatic rings. The maximum absolute atomic E-state index is 4.21. The number of benzene rings is 1. The Morgan fingerprint density at radius 1 is 1.12 bits per heavy atom. The van der Waals surface area contributed by atoms with Crippen molar-refractivity contribution in [3.8, 4) is 0 Å². The summed E-state index contributed by atoms with van der Waals surface area (Å²) in [5.74, 6) is 0. The van der Waals surface area contributed by atoms with Crippen molar-refractivity contribution in [1.29, 1.82) is 0 Å². The molecule has 1 aromatic rings. The van der Waals surface area contributed by atoms with Crippen LogP contribution in [0.2, 0.25) is 0 Å². The van der Waals surface area contributed by atoms with Crippen molar-refractivity contribution in [2.45, 2.75) is 33.1 Å². The van der Waals surface area contributed by atoms with Crippen molar-refractivity contribution < 1.29 is 0 Å². The summed E-state index contributed by atoms with van der Waals surface area (Å²) in [7, 11) is 0. The highest BCUT2D eigenvalue weighted by molar-refractivity contribution is 14.1. The van der Waals surface area contributed by atoms with Gasteiger partial charge in [0.25, 0.3) is 0 Å². The van der Waals surface area contributed by atoms with Crippen molar-refractivity contribution in [1.82, 2.24) is 0 Å². The summed E-state index contributed by atoms with van der Waals surface area (Å²) in [6, 6.07) is 6.69. The van der Waals surface area contributed by atoms with Crippen molar-refractivity contribution in [2.24, 2.45) is 0 Å². The highest BCUT2D eigenvalue weighted by Gasteiger charge is 2.37. The zero-order chi connectivity index (χ0) is 17.9. The van der Waals surface area contributed by atoms with Crippen LogP contribution in [0.15, 0.2) is 77.0 Å². The molecule has 0 spiro atoms. The first-order chi connectivity index (χ1) is 11.3. The average Bonchev–Trinajstić information content (AvgIpc) is 2.74. The molecule has 0 aromatic heterocycles. The van der Waals surface area contributed by atoms with Gasteiger partial charge in [0.1, 0.15) is 0 Å². The second kappa shape index (κ2) is 7.52. The van der Waals surface area contributed by atoms with Gasteiger partial charge in [0.15, 0.2) is 0 Å². The summed E-state index contributed by atoms with van der Waals surface area (Å²) >= 11 is 2.28. The molecule has 1 aliphatic carbocycles. The summed E-state index contributed by atoms with van der Waals surface area (Å²) < 4.78 is 1.06. The highest BCUT2D eigenvalue weighted by Crippen LogP contribution is 2.50. The lowest BCUT2D eigenvalue weighted by Crippen LogP contribution is -2.15. The SMILES string of the molecule is C=C(I)C=C1/C(=C\C)c2ccc(C(=C)/C=C\C=C/C)cc2C1(C)C. The summed E-state index contributed by atoms with van der Waals surface area (Å²) in [4.78, 5) is 0. The molecule has 24 heavy (non-hydrogen) atoms. The fraction of sp³-hybridized carbons (Fsp3) is 0.217. The van der Waals surface area contributed by atoms with Gasteiger partial charge < -0.3 is 0 Å². The molecule has 0 radical (unpaired) electrons. The van der Waals surface area contributed by atoms with Crippen LogP contribution in [0.1, 0.15) is 44.4 Å². The maximum atomic E-state index is 4.21. The lowest BCUT2D eigenvalue weighted by Gasteiger charge is -2.22. The molecule has 1 aromatic carbocycles. The second-order valence-corrected chi connectivity index (χ2v) is 7.89. The lowest BCUT2D eigenvalue weighted by molar-refractivity contribution is 0.660. The topological polar surface area (TPSA) is 0 Å². The molecular weight excluding hydrogens is 403 g/mol. The predicted octanol–water partition coefficient (Wildman–Crippen LogP) is 7.40. The normalized spacial score (nSPS) is 19.5. The van der Waals surface area contributed by atoms with Gasteiger partial charge in [-0.05, 0) is 82.0 Å². The number of halogens is 1. The Labute approximate surface area is 160 Å². The van der Waals surface area contributed by atoms with Gasteiger partial charge in [-0.2, -0.15) is 0 Å². The Bertz CT molecular complexity index is 795. The molecule has 0 N–H and O–H groups in total. The van der Waals surface area contributed by atoms with E-state index in [2.05, 4.69) is 92.9 Å². The van der Waals surface area contributed by atoms with Crippen LogP contribution in [0.25, 0.3) is 11.1 Å². The van der Waals surface area contributed by atoms with E-state index in [0.717, 1.165) is 9.15 Å². The van der Waals surface area contributed by atoms with Crippen molar-refractivity contribution in [3.05, 3.63) is 93.7 Å². The number of allylic oxidation sites excluding steroid dienone is 10. The minimum Gasteiger partial charge on any atom is -0.0912 e. The molecule has 0 heterocycles. The predicted molar refractivity (Wildman–Crippen MR) is 117 cm³/mol. The van der Waals surface area contributed by atoms with Crippen LogP contribution >= 0.6 is 22.6 Å². The van der Waals surface area contributed by atoms with E-state index >= 15 is 0 Å². The highest BCUT2D eigenvalue weighted by atomic mass is 127. The van der Waals surface area contributed by atoms with Crippen LogP contribution in [-0.4, -0.2) is 0 Å². The van der Waals surface area contributed by atoms with Crippen LogP contribution in [0.5, 0.6) is 0 Å². The van der Waals surface area contributed by atoms with Crippen molar-refractivity contribution in [2.75, 3.05) is 0 Å². The first-order valence-corrected chi connectivity index (χ1v) is 9.27. The second-order valence-electron chi connectivity index (χ2n) is 6.50. The Hall–Kier alpha value is -1.61. The third-order valence-corrected chi connectivity index (χ3v) is 4.82. The fourth-order valence-electron chi connectivity index (χ4n) is 3.23. The van der Waals surface area contributed by atoms with E-state index in [9.17, 15) is 0 Å². The van der Waals surface area contributed by atoms with E-state index in [1.807, 2.05) is 25.2 Å². The van der Waals surface area contributed by atoms with Gasteiger partial charge in [0.2, 0.25) is 0 Å². The molecule has 0 amide bonds. The third-order valence-electron chi connectivity index (χ3n) is 4.51. The molecule has 0 bridgehead atoms. The van der Waals surface area contributed by atoms with Gasteiger partial charge in [-0.1, -0.05) is 69.5 Å². The summed E-state index contributed by atoms with van der Waals surface area (Å²) in [5, 5.41) is 0. The number of fused-ring (bicyclic) bond motifs is 1. The van der Waals surface area contributed by atoms with Gasteiger partial charge in [0, 0.05) is 8.99 Å². The van der Waals surface area contributed by atoms with E-state index in [0.29, 0.717) is 0 Å². The molecule has 124 valence electrons. The van der Waals surface area contributed by atoms with Crippen molar-refractivity contribution in [3.63, 3.8) is 0 Å². The monoisotopic (exact) mass is 428 g/mol. The van der Waals surface area contributed by atoms with Gasteiger partial charge in [0.05, 0.1) is 0 Å². The first-order valence-electron chi connectivity index (χ1n) is 8.19. The molecule has 0 unspecified atom stereocenters. The minimum atomic E-state index is -0.0331. The van der Waals surface area contributed by atoms with Gasteiger partial charge in [-0.3, -0.25) is 0 Å². The quantitative estimate of drug-likeness (QED) is 0.346. The molecule has 0 saturated heterocycles. The summed E-state index contributed by atoms with van der Waals surface area (Å²) in [6.45, 7) is 17.0. The molecule has 1 heteroatoms. The average molecular weight is 428 g/mol. The van der Waals surface area contributed by atoms with Crippen molar-refractivity contribution >= 4 is 33.7 Å². The molecule has 0 saturated carbocycles. The van der Waals surface area contributed by atoms with E-state index in [1.54, 1.807) is 0 Å². The zero-order valence-corrected chi connectivity index (χ0v) is 17.1. The Kier molecular flexibility index (Phi) is 5.87. The zero-order valence-electron chi connectivity index (χ0n) is 15.0. The number of rotatable bonds is 4. The largest absolute Gasteiger partial charge is 0.0912 e. The molecule has 0 aliphatic heterocycles. The first kappa shape index (κ1) is 18.7. The van der Waals surface area contributed by atoms with E-state index in [-0.39, 0.29) is 5.41 Å². The Morgan fingerprint density at radius 2 is 1.83 bits per heavy atom. The molecule has 0 fully saturated rings. The molecule has 2 rings (SSSR count). The number of hydrogen-bond acceptors (Lipinski definition) is 0. The third kappa shape index (κ3) is 3.56. The van der Waals surface area contributed by atoms with Crippen LogP contribution in [-0.2, 0) is 5.41 Å². The van der Waals surface area contributed by atoms with Crippen LogP contribution in [0, 0.1) is 0 Å². The van der Waals surface area contributed by atoms with E-state index in [4.69, 9.17) is 0 Å². The van der Waals surface area contributed by atoms with Gasteiger partial charge in [-0.25, -0.2) is 0 Å². The standard InChI is InChI=1S/C23H25I/c1-7-9-10-11-16(3)18-12-13-20-19(8-2)21(14-17(4)24)23(5,6)22(20)15-18/h7-15H,3-4H2,1-2,5-6H3/b9-7-,11-10-,19-8-,21-14?. The van der Waals surface area contributed by atoms with Gasteiger partial charge in [-0.15, -0.1) is 0 Å². The fourth-order valence-corrected chi connectivity index (χ4v) is 3.54. The Balaban J connectivity index is 2.56. The Morgan fingerprint density at radius 3 is 2.42 bits per heavy atom. The maximum Gasteiger partial charge on any atom is 0.0159 e. The van der Waals surface area contributed by atoms with Crippen LogP contribution in [0.3, 0.4) is 0 Å².